The third kappa shape index (κ3) is 4.30. The Labute approximate surface area is 132 Å². The number of thiocarbonyl (C=S) groups is 1. The third-order valence-electron chi connectivity index (χ3n) is 3.53. The zero-order valence-corrected chi connectivity index (χ0v) is 13.7. The summed E-state index contributed by atoms with van der Waals surface area (Å²) in [7, 11) is 2.02. The highest BCUT2D eigenvalue weighted by Crippen LogP contribution is 2.16. The Morgan fingerprint density at radius 2 is 1.76 bits per heavy atom. The molecule has 0 atom stereocenters. The molecule has 0 radical (unpaired) electrons. The van der Waals surface area contributed by atoms with E-state index in [1.54, 1.807) is 0 Å². The molecule has 0 unspecified atom stereocenters. The van der Waals surface area contributed by atoms with Crippen molar-refractivity contribution in [2.24, 2.45) is 0 Å². The minimum atomic E-state index is 0.747. The lowest BCUT2D eigenvalue weighted by atomic mass is 10.1. The highest BCUT2D eigenvalue weighted by Gasteiger charge is 2.07. The van der Waals surface area contributed by atoms with Crippen molar-refractivity contribution in [3.05, 3.63) is 65.2 Å². The zero-order valence-electron chi connectivity index (χ0n) is 12.9. The number of anilines is 1. The maximum atomic E-state index is 5.51. The summed E-state index contributed by atoms with van der Waals surface area (Å²) < 4.78 is 0. The van der Waals surface area contributed by atoms with Crippen molar-refractivity contribution in [3.8, 4) is 0 Å². The number of hydrogen-bond donors (Lipinski definition) is 1. The lowest BCUT2D eigenvalue weighted by molar-refractivity contribution is 0.508. The van der Waals surface area contributed by atoms with Crippen LogP contribution in [0.2, 0.25) is 0 Å². The van der Waals surface area contributed by atoms with Gasteiger partial charge in [-0.05, 0) is 42.8 Å². The molecule has 0 aromatic heterocycles. The summed E-state index contributed by atoms with van der Waals surface area (Å²) in [5.74, 6) is 0. The molecule has 0 fully saturated rings. The molecule has 2 rings (SSSR count). The van der Waals surface area contributed by atoms with Gasteiger partial charge in [-0.15, -0.1) is 0 Å². The van der Waals surface area contributed by atoms with Crippen molar-refractivity contribution >= 4 is 23.0 Å². The Morgan fingerprint density at radius 1 is 1.10 bits per heavy atom. The second-order valence-electron chi connectivity index (χ2n) is 5.28. The van der Waals surface area contributed by atoms with Crippen molar-refractivity contribution < 1.29 is 0 Å². The molecule has 3 heteroatoms. The Bertz CT molecular complexity index is 605. The van der Waals surface area contributed by atoms with Crippen LogP contribution in [0, 0.1) is 6.92 Å². The van der Waals surface area contributed by atoms with Gasteiger partial charge in [-0.3, -0.25) is 0 Å². The highest BCUT2D eigenvalue weighted by atomic mass is 32.1. The number of nitrogens with zero attached hydrogens (tertiary/aromatic N) is 1. The summed E-state index contributed by atoms with van der Waals surface area (Å²) in [5, 5.41) is 4.10. The van der Waals surface area contributed by atoms with Crippen LogP contribution in [0.5, 0.6) is 0 Å². The van der Waals surface area contributed by atoms with E-state index in [9.17, 15) is 0 Å². The molecule has 0 amide bonds. The molecule has 0 bridgehead atoms. The van der Waals surface area contributed by atoms with E-state index in [1.807, 2.05) is 13.1 Å². The first-order chi connectivity index (χ1) is 10.1. The van der Waals surface area contributed by atoms with Gasteiger partial charge in [0.15, 0.2) is 5.11 Å². The fraction of sp³-hybridized carbons (Fsp3) is 0.278. The van der Waals surface area contributed by atoms with Gasteiger partial charge in [0.25, 0.3) is 0 Å². The average Bonchev–Trinajstić information content (AvgIpc) is 2.50. The normalized spacial score (nSPS) is 10.2. The molecule has 2 nitrogen and oxygen atoms in total. The smallest absolute Gasteiger partial charge is 0.173 e. The quantitative estimate of drug-likeness (QED) is 0.843. The van der Waals surface area contributed by atoms with Crippen LogP contribution in [0.3, 0.4) is 0 Å². The van der Waals surface area contributed by atoms with Crippen LogP contribution < -0.4 is 5.32 Å². The summed E-state index contributed by atoms with van der Waals surface area (Å²) in [6, 6.07) is 16.9. The van der Waals surface area contributed by atoms with Crippen molar-refractivity contribution in [2.45, 2.75) is 26.8 Å². The van der Waals surface area contributed by atoms with Gasteiger partial charge in [0.05, 0.1) is 0 Å². The van der Waals surface area contributed by atoms with Gasteiger partial charge in [0.2, 0.25) is 0 Å². The van der Waals surface area contributed by atoms with Gasteiger partial charge in [0.1, 0.15) is 0 Å². The standard InChI is InChI=1S/C18H22N2S/c1-4-16-7-5-6-8-17(16)19-18(21)20(3)13-15-11-9-14(2)10-12-15/h5-12H,4,13H2,1-3H3,(H,19,21). The van der Waals surface area contributed by atoms with E-state index >= 15 is 0 Å². The molecule has 21 heavy (non-hydrogen) atoms. The fourth-order valence-electron chi connectivity index (χ4n) is 2.20. The average molecular weight is 298 g/mol. The molecule has 0 saturated carbocycles. The van der Waals surface area contributed by atoms with E-state index < -0.39 is 0 Å². The molecular weight excluding hydrogens is 276 g/mol. The predicted molar refractivity (Wildman–Crippen MR) is 94.7 cm³/mol. The first kappa shape index (κ1) is 15.5. The minimum absolute atomic E-state index is 0.747. The van der Waals surface area contributed by atoms with Crippen LogP contribution in [0.15, 0.2) is 48.5 Å². The summed E-state index contributed by atoms with van der Waals surface area (Å²) in [6.07, 6.45) is 0.994. The first-order valence-electron chi connectivity index (χ1n) is 7.25. The summed E-state index contributed by atoms with van der Waals surface area (Å²) in [5.41, 5.74) is 4.92. The minimum Gasteiger partial charge on any atom is -0.348 e. The van der Waals surface area contributed by atoms with Crippen LogP contribution in [0.25, 0.3) is 0 Å². The lowest BCUT2D eigenvalue weighted by Gasteiger charge is -2.22. The summed E-state index contributed by atoms with van der Waals surface area (Å²) >= 11 is 5.51. The van der Waals surface area contributed by atoms with E-state index in [0.29, 0.717) is 0 Å². The Morgan fingerprint density at radius 3 is 2.43 bits per heavy atom. The van der Waals surface area contributed by atoms with E-state index in [2.05, 4.69) is 66.5 Å². The number of hydrogen-bond acceptors (Lipinski definition) is 1. The van der Waals surface area contributed by atoms with Crippen LogP contribution in [0.4, 0.5) is 5.69 Å². The zero-order chi connectivity index (χ0) is 15.2. The summed E-state index contributed by atoms with van der Waals surface area (Å²) in [4.78, 5) is 2.06. The van der Waals surface area contributed by atoms with E-state index in [0.717, 1.165) is 23.8 Å². The number of rotatable bonds is 4. The highest BCUT2D eigenvalue weighted by molar-refractivity contribution is 7.80. The van der Waals surface area contributed by atoms with Crippen LogP contribution in [-0.4, -0.2) is 17.1 Å². The second-order valence-corrected chi connectivity index (χ2v) is 5.67. The number of nitrogens with one attached hydrogen (secondary N) is 1. The molecule has 1 N–H and O–H groups in total. The molecule has 110 valence electrons. The topological polar surface area (TPSA) is 15.3 Å². The first-order valence-corrected chi connectivity index (χ1v) is 7.66. The van der Waals surface area contributed by atoms with Crippen LogP contribution >= 0.6 is 12.2 Å². The molecular formula is C18H22N2S. The lowest BCUT2D eigenvalue weighted by Crippen LogP contribution is -2.30. The third-order valence-corrected chi connectivity index (χ3v) is 3.94. The molecule has 0 aliphatic carbocycles. The van der Waals surface area contributed by atoms with Gasteiger partial charge in [-0.2, -0.15) is 0 Å². The number of aryl methyl sites for hydroxylation is 2. The van der Waals surface area contributed by atoms with E-state index in [1.165, 1.54) is 16.7 Å². The van der Waals surface area contributed by atoms with E-state index in [4.69, 9.17) is 12.2 Å². The predicted octanol–water partition coefficient (Wildman–Crippen LogP) is 4.39. The molecule has 0 spiro atoms. The second kappa shape index (κ2) is 7.23. The van der Waals surface area contributed by atoms with Crippen molar-refractivity contribution in [3.63, 3.8) is 0 Å². The number of para-hydroxylation sites is 1. The molecule has 2 aromatic carbocycles. The maximum absolute atomic E-state index is 5.51. The Kier molecular flexibility index (Phi) is 5.34. The van der Waals surface area contributed by atoms with Gasteiger partial charge in [-0.25, -0.2) is 0 Å². The van der Waals surface area contributed by atoms with Gasteiger partial charge < -0.3 is 10.2 Å². The number of benzene rings is 2. The van der Waals surface area contributed by atoms with Gasteiger partial charge >= 0.3 is 0 Å². The fourth-order valence-corrected chi connectivity index (χ4v) is 2.37. The SMILES string of the molecule is CCc1ccccc1NC(=S)N(C)Cc1ccc(C)cc1. The van der Waals surface area contributed by atoms with Crippen molar-refractivity contribution in [1.82, 2.24) is 4.90 Å². The molecule has 2 aromatic rings. The maximum Gasteiger partial charge on any atom is 0.173 e. The monoisotopic (exact) mass is 298 g/mol. The largest absolute Gasteiger partial charge is 0.348 e. The summed E-state index contributed by atoms with van der Waals surface area (Å²) in [6.45, 7) is 5.06. The van der Waals surface area contributed by atoms with Gasteiger partial charge in [-0.1, -0.05) is 55.0 Å². The molecule has 0 aliphatic rings. The molecule has 0 saturated heterocycles. The van der Waals surface area contributed by atoms with Crippen molar-refractivity contribution in [1.29, 1.82) is 0 Å². The van der Waals surface area contributed by atoms with E-state index in [-0.39, 0.29) is 0 Å². The Balaban J connectivity index is 2.01. The van der Waals surface area contributed by atoms with Crippen LogP contribution in [-0.2, 0) is 13.0 Å². The Hall–Kier alpha value is -1.87. The van der Waals surface area contributed by atoms with Gasteiger partial charge in [0, 0.05) is 19.3 Å². The van der Waals surface area contributed by atoms with Crippen molar-refractivity contribution in [2.75, 3.05) is 12.4 Å². The molecule has 0 aliphatic heterocycles. The van der Waals surface area contributed by atoms with Crippen LogP contribution in [0.1, 0.15) is 23.6 Å². The molecule has 0 heterocycles.